The van der Waals surface area contributed by atoms with Crippen molar-refractivity contribution in [2.75, 3.05) is 19.0 Å². The Morgan fingerprint density at radius 3 is 2.50 bits per heavy atom. The summed E-state index contributed by atoms with van der Waals surface area (Å²) in [5, 5.41) is 0. The van der Waals surface area contributed by atoms with Gasteiger partial charge in [0, 0.05) is 23.9 Å². The van der Waals surface area contributed by atoms with Crippen molar-refractivity contribution in [1.29, 1.82) is 0 Å². The van der Waals surface area contributed by atoms with Gasteiger partial charge in [0.05, 0.1) is 5.75 Å². The lowest BCUT2D eigenvalue weighted by Gasteiger charge is -2.24. The monoisotopic (exact) mass is 240 g/mol. The van der Waals surface area contributed by atoms with Gasteiger partial charge in [0.2, 0.25) is 9.05 Å². The SMILES string of the molecule is O=S(=O)(Cl)CCCOCCC1CCC1. The zero-order valence-corrected chi connectivity index (χ0v) is 9.82. The molecular weight excluding hydrogens is 224 g/mol. The van der Waals surface area contributed by atoms with Crippen LogP contribution >= 0.6 is 10.7 Å². The zero-order valence-electron chi connectivity index (χ0n) is 8.25. The smallest absolute Gasteiger partial charge is 0.232 e. The molecule has 1 aliphatic rings. The van der Waals surface area contributed by atoms with Crippen LogP contribution in [0.1, 0.15) is 32.1 Å². The number of hydrogen-bond donors (Lipinski definition) is 0. The van der Waals surface area contributed by atoms with E-state index < -0.39 is 9.05 Å². The first-order valence-corrected chi connectivity index (χ1v) is 7.56. The highest BCUT2D eigenvalue weighted by Gasteiger charge is 2.16. The summed E-state index contributed by atoms with van der Waals surface area (Å²) >= 11 is 0. The molecule has 1 saturated carbocycles. The summed E-state index contributed by atoms with van der Waals surface area (Å²) in [6, 6.07) is 0. The van der Waals surface area contributed by atoms with Crippen LogP contribution in [0.25, 0.3) is 0 Å². The fraction of sp³-hybridized carbons (Fsp3) is 1.00. The van der Waals surface area contributed by atoms with Crippen LogP contribution in [0.4, 0.5) is 0 Å². The van der Waals surface area contributed by atoms with E-state index in [0.717, 1.165) is 18.9 Å². The van der Waals surface area contributed by atoms with Gasteiger partial charge in [-0.15, -0.1) is 0 Å². The van der Waals surface area contributed by atoms with E-state index in [2.05, 4.69) is 0 Å². The van der Waals surface area contributed by atoms with E-state index in [4.69, 9.17) is 15.4 Å². The number of hydrogen-bond acceptors (Lipinski definition) is 3. The van der Waals surface area contributed by atoms with E-state index in [-0.39, 0.29) is 5.75 Å². The average Bonchev–Trinajstić information content (AvgIpc) is 1.97. The summed E-state index contributed by atoms with van der Waals surface area (Å²) < 4.78 is 26.4. The summed E-state index contributed by atoms with van der Waals surface area (Å²) in [6.07, 6.45) is 5.64. The minimum absolute atomic E-state index is 0.0119. The molecule has 0 aliphatic heterocycles. The van der Waals surface area contributed by atoms with Crippen LogP contribution in [0.5, 0.6) is 0 Å². The normalized spacial score (nSPS) is 18.1. The third-order valence-electron chi connectivity index (χ3n) is 2.57. The summed E-state index contributed by atoms with van der Waals surface area (Å²) in [6.45, 7) is 1.26. The largest absolute Gasteiger partial charge is 0.381 e. The van der Waals surface area contributed by atoms with Gasteiger partial charge in [-0.05, 0) is 18.8 Å². The Balaban J connectivity index is 1.84. The maximum atomic E-state index is 10.5. The van der Waals surface area contributed by atoms with Crippen molar-refractivity contribution in [1.82, 2.24) is 0 Å². The first kappa shape index (κ1) is 12.3. The first-order chi connectivity index (χ1) is 6.58. The van der Waals surface area contributed by atoms with Gasteiger partial charge in [0.1, 0.15) is 0 Å². The van der Waals surface area contributed by atoms with Crippen molar-refractivity contribution in [3.8, 4) is 0 Å². The van der Waals surface area contributed by atoms with Gasteiger partial charge in [0.15, 0.2) is 0 Å². The second-order valence-electron chi connectivity index (χ2n) is 3.79. The summed E-state index contributed by atoms with van der Waals surface area (Å²) in [4.78, 5) is 0. The van der Waals surface area contributed by atoms with Crippen molar-refractivity contribution >= 4 is 19.7 Å². The molecule has 84 valence electrons. The molecule has 0 amide bonds. The van der Waals surface area contributed by atoms with Crippen LogP contribution in [-0.4, -0.2) is 27.4 Å². The molecule has 3 nitrogen and oxygen atoms in total. The van der Waals surface area contributed by atoms with E-state index in [1.807, 2.05) is 0 Å². The van der Waals surface area contributed by atoms with E-state index in [0.29, 0.717) is 13.0 Å². The fourth-order valence-corrected chi connectivity index (χ4v) is 2.26. The molecule has 1 rings (SSSR count). The molecule has 0 aromatic rings. The Morgan fingerprint density at radius 2 is 2.00 bits per heavy atom. The maximum Gasteiger partial charge on any atom is 0.232 e. The predicted molar refractivity (Wildman–Crippen MR) is 57.0 cm³/mol. The quantitative estimate of drug-likeness (QED) is 0.506. The van der Waals surface area contributed by atoms with Crippen molar-refractivity contribution < 1.29 is 13.2 Å². The number of rotatable bonds is 7. The standard InChI is InChI=1S/C9H17ClO3S/c10-14(11,12)8-2-6-13-7-5-9-3-1-4-9/h9H,1-8H2. The number of halogens is 1. The molecule has 0 atom stereocenters. The first-order valence-electron chi connectivity index (χ1n) is 5.08. The van der Waals surface area contributed by atoms with Crippen molar-refractivity contribution in [2.45, 2.75) is 32.1 Å². The van der Waals surface area contributed by atoms with E-state index in [9.17, 15) is 8.42 Å². The minimum Gasteiger partial charge on any atom is -0.381 e. The molecule has 0 bridgehead atoms. The second kappa shape index (κ2) is 5.93. The highest BCUT2D eigenvalue weighted by Crippen LogP contribution is 2.29. The Kier molecular flexibility index (Phi) is 5.20. The van der Waals surface area contributed by atoms with Crippen LogP contribution in [0.2, 0.25) is 0 Å². The average molecular weight is 241 g/mol. The van der Waals surface area contributed by atoms with E-state index in [1.165, 1.54) is 19.3 Å². The zero-order chi connectivity index (χ0) is 10.4. The van der Waals surface area contributed by atoms with Gasteiger partial charge >= 0.3 is 0 Å². The Labute approximate surface area is 90.2 Å². The molecule has 1 fully saturated rings. The fourth-order valence-electron chi connectivity index (χ4n) is 1.47. The topological polar surface area (TPSA) is 43.4 Å². The third-order valence-corrected chi connectivity index (χ3v) is 3.81. The number of ether oxygens (including phenoxy) is 1. The lowest BCUT2D eigenvalue weighted by molar-refractivity contribution is 0.107. The van der Waals surface area contributed by atoms with Gasteiger partial charge in [-0.1, -0.05) is 19.3 Å². The summed E-state index contributed by atoms with van der Waals surface area (Å²) in [5.74, 6) is 0.865. The predicted octanol–water partition coefficient (Wildman–Crippen LogP) is 2.15. The van der Waals surface area contributed by atoms with Crippen molar-refractivity contribution in [3.05, 3.63) is 0 Å². The Morgan fingerprint density at radius 1 is 1.29 bits per heavy atom. The van der Waals surface area contributed by atoms with Crippen LogP contribution in [0.15, 0.2) is 0 Å². The molecule has 0 N–H and O–H groups in total. The lowest BCUT2D eigenvalue weighted by Crippen LogP contribution is -2.14. The van der Waals surface area contributed by atoms with Crippen molar-refractivity contribution in [3.63, 3.8) is 0 Å². The molecule has 1 aliphatic carbocycles. The van der Waals surface area contributed by atoms with Gasteiger partial charge in [0.25, 0.3) is 0 Å². The molecule has 0 aromatic heterocycles. The van der Waals surface area contributed by atoms with Gasteiger partial charge < -0.3 is 4.74 Å². The van der Waals surface area contributed by atoms with E-state index in [1.54, 1.807) is 0 Å². The highest BCUT2D eigenvalue weighted by atomic mass is 35.7. The summed E-state index contributed by atoms with van der Waals surface area (Å²) in [7, 11) is 1.72. The molecule has 0 unspecified atom stereocenters. The van der Waals surface area contributed by atoms with Crippen LogP contribution in [0.3, 0.4) is 0 Å². The Bertz CT molecular complexity index is 247. The van der Waals surface area contributed by atoms with Crippen LogP contribution in [-0.2, 0) is 13.8 Å². The molecule has 0 spiro atoms. The minimum atomic E-state index is -3.33. The Hall–Kier alpha value is 0.200. The maximum absolute atomic E-state index is 10.5. The molecule has 0 saturated heterocycles. The van der Waals surface area contributed by atoms with Gasteiger partial charge in [-0.3, -0.25) is 0 Å². The second-order valence-corrected chi connectivity index (χ2v) is 6.69. The van der Waals surface area contributed by atoms with E-state index >= 15 is 0 Å². The van der Waals surface area contributed by atoms with Crippen LogP contribution < -0.4 is 0 Å². The lowest BCUT2D eigenvalue weighted by atomic mass is 9.83. The molecule has 0 radical (unpaired) electrons. The molecule has 14 heavy (non-hydrogen) atoms. The highest BCUT2D eigenvalue weighted by molar-refractivity contribution is 8.13. The van der Waals surface area contributed by atoms with Crippen LogP contribution in [0, 0.1) is 5.92 Å². The molecule has 5 heteroatoms. The summed E-state index contributed by atoms with van der Waals surface area (Å²) in [5.41, 5.74) is 0. The van der Waals surface area contributed by atoms with Crippen molar-refractivity contribution in [2.24, 2.45) is 5.92 Å². The molecular formula is C9H17ClO3S. The van der Waals surface area contributed by atoms with Gasteiger partial charge in [-0.2, -0.15) is 0 Å². The molecule has 0 aromatic carbocycles. The third kappa shape index (κ3) is 5.83. The molecule has 0 heterocycles. The van der Waals surface area contributed by atoms with Gasteiger partial charge in [-0.25, -0.2) is 8.42 Å².